The molecule has 22 heavy (non-hydrogen) atoms. The van der Waals surface area contributed by atoms with Gasteiger partial charge in [-0.2, -0.15) is 0 Å². The van der Waals surface area contributed by atoms with Gasteiger partial charge < -0.3 is 10.1 Å². The Labute approximate surface area is 140 Å². The van der Waals surface area contributed by atoms with Crippen LogP contribution in [0, 0.1) is 12.8 Å². The number of hydrogen-bond acceptors (Lipinski definition) is 2. The van der Waals surface area contributed by atoms with Crippen molar-refractivity contribution in [3.63, 3.8) is 0 Å². The molecular formula is C19H26ClNO. The monoisotopic (exact) mass is 319 g/mol. The molecule has 0 amide bonds. The van der Waals surface area contributed by atoms with Crippen LogP contribution in [-0.2, 0) is 13.2 Å². The Bertz CT molecular complexity index is 534. The van der Waals surface area contributed by atoms with E-state index < -0.39 is 0 Å². The SMILES string of the molecule is Cc1ccc(COc2ccc(CNCC(C)C)cc2)cc1.Cl. The third-order valence-corrected chi connectivity index (χ3v) is 3.33. The molecule has 0 unspecified atom stereocenters. The van der Waals surface area contributed by atoms with Gasteiger partial charge in [0.05, 0.1) is 0 Å². The number of benzene rings is 2. The second-order valence-corrected chi connectivity index (χ2v) is 5.94. The fourth-order valence-electron chi connectivity index (χ4n) is 2.06. The molecule has 2 nitrogen and oxygen atoms in total. The zero-order valence-corrected chi connectivity index (χ0v) is 14.5. The maximum Gasteiger partial charge on any atom is 0.119 e. The molecule has 120 valence electrons. The Kier molecular flexibility index (Phi) is 8.00. The van der Waals surface area contributed by atoms with Gasteiger partial charge in [0.1, 0.15) is 12.4 Å². The van der Waals surface area contributed by atoms with Gasteiger partial charge in [0.25, 0.3) is 0 Å². The summed E-state index contributed by atoms with van der Waals surface area (Å²) in [6, 6.07) is 16.8. The molecule has 0 saturated carbocycles. The molecule has 0 heterocycles. The molecule has 0 atom stereocenters. The maximum absolute atomic E-state index is 5.81. The topological polar surface area (TPSA) is 21.3 Å². The molecule has 0 aliphatic heterocycles. The van der Waals surface area contributed by atoms with Crippen LogP contribution in [0.15, 0.2) is 48.5 Å². The van der Waals surface area contributed by atoms with Crippen molar-refractivity contribution < 1.29 is 4.74 Å². The van der Waals surface area contributed by atoms with Crippen LogP contribution in [0.4, 0.5) is 0 Å². The molecule has 0 radical (unpaired) electrons. The second kappa shape index (κ2) is 9.50. The first-order chi connectivity index (χ1) is 10.1. The van der Waals surface area contributed by atoms with E-state index in [2.05, 4.69) is 62.5 Å². The summed E-state index contributed by atoms with van der Waals surface area (Å²) in [6.07, 6.45) is 0. The summed E-state index contributed by atoms with van der Waals surface area (Å²) < 4.78 is 5.81. The van der Waals surface area contributed by atoms with Crippen molar-refractivity contribution in [1.29, 1.82) is 0 Å². The molecule has 2 aromatic rings. The van der Waals surface area contributed by atoms with Crippen LogP contribution in [0.1, 0.15) is 30.5 Å². The van der Waals surface area contributed by atoms with Gasteiger partial charge in [0.2, 0.25) is 0 Å². The normalized spacial score (nSPS) is 10.4. The fourth-order valence-corrected chi connectivity index (χ4v) is 2.06. The van der Waals surface area contributed by atoms with Crippen LogP contribution in [0.25, 0.3) is 0 Å². The largest absolute Gasteiger partial charge is 0.489 e. The molecule has 0 aromatic heterocycles. The van der Waals surface area contributed by atoms with Gasteiger partial charge in [-0.25, -0.2) is 0 Å². The molecule has 1 N–H and O–H groups in total. The zero-order valence-electron chi connectivity index (χ0n) is 13.6. The number of ether oxygens (including phenoxy) is 1. The minimum atomic E-state index is 0. The van der Waals surface area contributed by atoms with Gasteiger partial charge >= 0.3 is 0 Å². The zero-order chi connectivity index (χ0) is 15.1. The minimum absolute atomic E-state index is 0. The highest BCUT2D eigenvalue weighted by Gasteiger charge is 1.98. The second-order valence-electron chi connectivity index (χ2n) is 5.94. The number of rotatable bonds is 7. The third kappa shape index (κ3) is 6.50. The van der Waals surface area contributed by atoms with Crippen LogP contribution in [-0.4, -0.2) is 6.54 Å². The van der Waals surface area contributed by atoms with E-state index in [1.807, 2.05) is 12.1 Å². The predicted molar refractivity (Wildman–Crippen MR) is 95.7 cm³/mol. The lowest BCUT2D eigenvalue weighted by Gasteiger charge is -2.09. The molecule has 0 aliphatic rings. The van der Waals surface area contributed by atoms with E-state index in [4.69, 9.17) is 4.74 Å². The van der Waals surface area contributed by atoms with Crippen LogP contribution >= 0.6 is 12.4 Å². The number of aryl methyl sites for hydroxylation is 1. The Morgan fingerprint density at radius 1 is 0.909 bits per heavy atom. The molecule has 0 spiro atoms. The van der Waals surface area contributed by atoms with Crippen LogP contribution in [0.5, 0.6) is 5.75 Å². The Hall–Kier alpha value is -1.51. The summed E-state index contributed by atoms with van der Waals surface area (Å²) >= 11 is 0. The molecule has 2 aromatic carbocycles. The smallest absolute Gasteiger partial charge is 0.119 e. The van der Waals surface area contributed by atoms with Gasteiger partial charge in [-0.05, 0) is 42.6 Å². The van der Waals surface area contributed by atoms with Gasteiger partial charge in [0, 0.05) is 6.54 Å². The summed E-state index contributed by atoms with van der Waals surface area (Å²) in [7, 11) is 0. The average molecular weight is 320 g/mol. The first-order valence-corrected chi connectivity index (χ1v) is 7.61. The summed E-state index contributed by atoms with van der Waals surface area (Å²) in [6.45, 7) is 9.11. The van der Waals surface area contributed by atoms with Crippen molar-refractivity contribution in [2.75, 3.05) is 6.54 Å². The van der Waals surface area contributed by atoms with Crippen LogP contribution in [0.3, 0.4) is 0 Å². The van der Waals surface area contributed by atoms with Crippen molar-refractivity contribution in [3.05, 3.63) is 65.2 Å². The molecule has 0 fully saturated rings. The summed E-state index contributed by atoms with van der Waals surface area (Å²) in [5.74, 6) is 1.60. The summed E-state index contributed by atoms with van der Waals surface area (Å²) in [5.41, 5.74) is 3.76. The van der Waals surface area contributed by atoms with Gasteiger partial charge in [-0.3, -0.25) is 0 Å². The molecule has 2 rings (SSSR count). The lowest BCUT2D eigenvalue weighted by Crippen LogP contribution is -2.18. The Balaban J connectivity index is 0.00000242. The molecular weight excluding hydrogens is 294 g/mol. The first kappa shape index (κ1) is 18.5. The lowest BCUT2D eigenvalue weighted by atomic mass is 10.1. The summed E-state index contributed by atoms with van der Waals surface area (Å²) in [4.78, 5) is 0. The van der Waals surface area contributed by atoms with Gasteiger partial charge in [0.15, 0.2) is 0 Å². The van der Waals surface area contributed by atoms with E-state index in [1.165, 1.54) is 16.7 Å². The van der Waals surface area contributed by atoms with Crippen LogP contribution in [0.2, 0.25) is 0 Å². The average Bonchev–Trinajstić information content (AvgIpc) is 2.48. The Morgan fingerprint density at radius 3 is 2.09 bits per heavy atom. The minimum Gasteiger partial charge on any atom is -0.489 e. The van der Waals surface area contributed by atoms with Crippen molar-refractivity contribution in [2.45, 2.75) is 33.9 Å². The number of nitrogens with one attached hydrogen (secondary N) is 1. The summed E-state index contributed by atoms with van der Waals surface area (Å²) in [5, 5.41) is 3.44. The van der Waals surface area contributed by atoms with Crippen molar-refractivity contribution in [1.82, 2.24) is 5.32 Å². The molecule has 0 bridgehead atoms. The van der Waals surface area contributed by atoms with E-state index in [0.717, 1.165) is 18.8 Å². The standard InChI is InChI=1S/C19H25NO.ClH/c1-15(2)12-20-13-17-8-10-19(11-9-17)21-14-18-6-4-16(3)5-7-18;/h4-11,15,20H,12-14H2,1-3H3;1H. The van der Waals surface area contributed by atoms with E-state index in [1.54, 1.807) is 0 Å². The predicted octanol–water partition coefficient (Wildman–Crippen LogP) is 4.74. The van der Waals surface area contributed by atoms with E-state index in [-0.39, 0.29) is 12.4 Å². The highest BCUT2D eigenvalue weighted by atomic mass is 35.5. The van der Waals surface area contributed by atoms with Gasteiger partial charge in [-0.1, -0.05) is 55.8 Å². The molecule has 3 heteroatoms. The van der Waals surface area contributed by atoms with Crippen molar-refractivity contribution in [2.24, 2.45) is 5.92 Å². The fraction of sp³-hybridized carbons (Fsp3) is 0.368. The quantitative estimate of drug-likeness (QED) is 0.795. The Morgan fingerprint density at radius 2 is 1.50 bits per heavy atom. The molecule has 0 aliphatic carbocycles. The van der Waals surface area contributed by atoms with Crippen molar-refractivity contribution in [3.8, 4) is 5.75 Å². The van der Waals surface area contributed by atoms with E-state index >= 15 is 0 Å². The lowest BCUT2D eigenvalue weighted by molar-refractivity contribution is 0.306. The van der Waals surface area contributed by atoms with Gasteiger partial charge in [-0.15, -0.1) is 12.4 Å². The first-order valence-electron chi connectivity index (χ1n) is 7.61. The van der Waals surface area contributed by atoms with E-state index in [0.29, 0.717) is 12.5 Å². The van der Waals surface area contributed by atoms with E-state index in [9.17, 15) is 0 Å². The third-order valence-electron chi connectivity index (χ3n) is 3.33. The highest BCUT2D eigenvalue weighted by molar-refractivity contribution is 5.85. The molecule has 0 saturated heterocycles. The number of hydrogen-bond donors (Lipinski definition) is 1. The number of halogens is 1. The van der Waals surface area contributed by atoms with Crippen LogP contribution < -0.4 is 10.1 Å². The highest BCUT2D eigenvalue weighted by Crippen LogP contribution is 2.14. The van der Waals surface area contributed by atoms with Crippen molar-refractivity contribution >= 4 is 12.4 Å². The maximum atomic E-state index is 5.81.